The number of amides is 3. The van der Waals surface area contributed by atoms with Gasteiger partial charge in [0.25, 0.3) is 0 Å². The maximum absolute atomic E-state index is 13.3. The summed E-state index contributed by atoms with van der Waals surface area (Å²) in [5.41, 5.74) is 8.46. The number of rotatable bonds is 4. The Labute approximate surface area is 192 Å². The van der Waals surface area contributed by atoms with Crippen molar-refractivity contribution in [3.8, 4) is 6.07 Å². The Morgan fingerprint density at radius 2 is 2.22 bits per heavy atom. The molecule has 32 heavy (non-hydrogen) atoms. The number of nitriles is 1. The van der Waals surface area contributed by atoms with Gasteiger partial charge >= 0.3 is 6.03 Å². The van der Waals surface area contributed by atoms with Crippen molar-refractivity contribution >= 4 is 28.3 Å². The lowest BCUT2D eigenvalue weighted by Gasteiger charge is -2.45. The van der Waals surface area contributed by atoms with Crippen molar-refractivity contribution in [2.75, 3.05) is 25.9 Å². The van der Waals surface area contributed by atoms with Gasteiger partial charge in [0.05, 0.1) is 23.7 Å². The molecule has 3 N–H and O–H groups in total. The number of hydrogen-bond donors (Lipinski definition) is 2. The number of anilines is 1. The van der Waals surface area contributed by atoms with Gasteiger partial charge < -0.3 is 16.0 Å². The van der Waals surface area contributed by atoms with Crippen LogP contribution in [0.25, 0.3) is 0 Å². The van der Waals surface area contributed by atoms with Gasteiger partial charge in [0, 0.05) is 30.2 Å². The standard InChI is InChI=1S/C23H28N6O2S/c1-3-29(23(31)27-12-16-6-4-5-7-26-16)22(30)15-8-14-9-17-18(11-24)21(25)32-20(17)10-19(14)28(2)13-15/h4-7,14-15,19H,3,8-10,12-13,25H2,1-2H3,(H,27,31)/t14-,15-,19-/m1/s1. The van der Waals surface area contributed by atoms with E-state index in [0.29, 0.717) is 36.1 Å². The lowest BCUT2D eigenvalue weighted by Crippen LogP contribution is -2.55. The smallest absolute Gasteiger partial charge is 0.324 e. The summed E-state index contributed by atoms with van der Waals surface area (Å²) >= 11 is 1.52. The number of aromatic nitrogens is 1. The van der Waals surface area contributed by atoms with Crippen LogP contribution < -0.4 is 11.1 Å². The van der Waals surface area contributed by atoms with E-state index in [9.17, 15) is 14.9 Å². The highest BCUT2D eigenvalue weighted by molar-refractivity contribution is 7.16. The van der Waals surface area contributed by atoms with Gasteiger partial charge in [0.1, 0.15) is 11.1 Å². The number of nitrogens with two attached hydrogens (primary N) is 1. The lowest BCUT2D eigenvalue weighted by molar-refractivity contribution is -0.135. The second-order valence-electron chi connectivity index (χ2n) is 8.52. The van der Waals surface area contributed by atoms with Crippen LogP contribution in [-0.4, -0.2) is 52.9 Å². The highest BCUT2D eigenvalue weighted by Gasteiger charge is 2.43. The predicted octanol–water partition coefficient (Wildman–Crippen LogP) is 2.39. The van der Waals surface area contributed by atoms with Crippen LogP contribution in [0.3, 0.4) is 0 Å². The summed E-state index contributed by atoms with van der Waals surface area (Å²) in [6.07, 6.45) is 3.99. The van der Waals surface area contributed by atoms with Crippen molar-refractivity contribution in [3.05, 3.63) is 46.1 Å². The Kier molecular flexibility index (Phi) is 6.44. The summed E-state index contributed by atoms with van der Waals surface area (Å²) in [5.74, 6) is -0.149. The first-order chi connectivity index (χ1) is 15.4. The fraction of sp³-hybridized carbons (Fsp3) is 0.478. The molecule has 0 unspecified atom stereocenters. The molecule has 0 bridgehead atoms. The van der Waals surface area contributed by atoms with Gasteiger partial charge in [-0.1, -0.05) is 6.07 Å². The molecular formula is C23H28N6O2S. The van der Waals surface area contributed by atoms with Crippen molar-refractivity contribution in [3.63, 3.8) is 0 Å². The third kappa shape index (κ3) is 4.20. The molecule has 3 atom stereocenters. The molecular weight excluding hydrogens is 424 g/mol. The molecule has 2 aliphatic rings. The SMILES string of the molecule is CCN(C(=O)NCc1ccccn1)C(=O)[C@@H]1C[C@@H]2Cc3c(sc(N)c3C#N)C[C@H]2N(C)C1. The summed E-state index contributed by atoms with van der Waals surface area (Å²) in [7, 11) is 2.04. The van der Waals surface area contributed by atoms with Crippen LogP contribution in [0.2, 0.25) is 0 Å². The number of nitrogens with zero attached hydrogens (tertiary/aromatic N) is 4. The number of fused-ring (bicyclic) bond motifs is 2. The van der Waals surface area contributed by atoms with E-state index in [1.807, 2.05) is 32.2 Å². The zero-order valence-electron chi connectivity index (χ0n) is 18.4. The van der Waals surface area contributed by atoms with Crippen LogP contribution in [0.4, 0.5) is 9.80 Å². The summed E-state index contributed by atoms with van der Waals surface area (Å²) in [6.45, 7) is 3.02. The Hall–Kier alpha value is -2.96. The van der Waals surface area contributed by atoms with E-state index in [2.05, 4.69) is 21.3 Å². The molecule has 4 rings (SSSR count). The summed E-state index contributed by atoms with van der Waals surface area (Å²) in [5, 5.41) is 12.9. The zero-order valence-corrected chi connectivity index (χ0v) is 19.2. The van der Waals surface area contributed by atoms with Crippen LogP contribution in [0.1, 0.15) is 35.0 Å². The van der Waals surface area contributed by atoms with Gasteiger partial charge in [-0.2, -0.15) is 5.26 Å². The molecule has 1 fully saturated rings. The highest BCUT2D eigenvalue weighted by atomic mass is 32.1. The van der Waals surface area contributed by atoms with Crippen molar-refractivity contribution in [1.29, 1.82) is 5.26 Å². The third-order valence-electron chi connectivity index (χ3n) is 6.62. The van der Waals surface area contributed by atoms with E-state index in [1.165, 1.54) is 21.1 Å². The van der Waals surface area contributed by atoms with Crippen LogP contribution in [0.15, 0.2) is 24.4 Å². The zero-order chi connectivity index (χ0) is 22.8. The van der Waals surface area contributed by atoms with E-state index in [-0.39, 0.29) is 24.3 Å². The maximum atomic E-state index is 13.3. The molecule has 168 valence electrons. The number of urea groups is 1. The van der Waals surface area contributed by atoms with Crippen LogP contribution in [0.5, 0.6) is 0 Å². The second-order valence-corrected chi connectivity index (χ2v) is 9.66. The van der Waals surface area contributed by atoms with E-state index >= 15 is 0 Å². The molecule has 1 aliphatic carbocycles. The van der Waals surface area contributed by atoms with E-state index in [0.717, 1.165) is 24.1 Å². The average molecular weight is 453 g/mol. The summed E-state index contributed by atoms with van der Waals surface area (Å²) in [6, 6.07) is 7.69. The molecule has 1 saturated heterocycles. The predicted molar refractivity (Wildman–Crippen MR) is 123 cm³/mol. The molecule has 3 heterocycles. The normalized spacial score (nSPS) is 22.3. The van der Waals surface area contributed by atoms with E-state index in [1.54, 1.807) is 6.20 Å². The number of carbonyl (C=O) groups is 2. The molecule has 2 aromatic rings. The maximum Gasteiger partial charge on any atom is 0.324 e. The Morgan fingerprint density at radius 3 is 2.91 bits per heavy atom. The topological polar surface area (TPSA) is 115 Å². The van der Waals surface area contributed by atoms with E-state index in [4.69, 9.17) is 5.73 Å². The number of hydrogen-bond acceptors (Lipinski definition) is 7. The molecule has 9 heteroatoms. The number of likely N-dealkylation sites (N-methyl/N-ethyl adjacent to an activating group) is 1. The van der Waals surface area contributed by atoms with Gasteiger partial charge in [0.15, 0.2) is 0 Å². The molecule has 0 spiro atoms. The molecule has 1 aliphatic heterocycles. The molecule has 0 saturated carbocycles. The van der Waals surface area contributed by atoms with Crippen LogP contribution >= 0.6 is 11.3 Å². The van der Waals surface area contributed by atoms with E-state index < -0.39 is 6.03 Å². The number of pyridine rings is 1. The number of piperidine rings is 1. The number of thiophene rings is 1. The number of imide groups is 1. The highest BCUT2D eigenvalue weighted by Crippen LogP contribution is 2.42. The van der Waals surface area contributed by atoms with Gasteiger partial charge in [-0.3, -0.25) is 14.7 Å². The fourth-order valence-electron chi connectivity index (χ4n) is 5.03. The summed E-state index contributed by atoms with van der Waals surface area (Å²) in [4.78, 5) is 35.0. The fourth-order valence-corrected chi connectivity index (χ4v) is 6.13. The van der Waals surface area contributed by atoms with Crippen molar-refractivity contribution in [2.45, 2.75) is 38.8 Å². The first kappa shape index (κ1) is 22.2. The average Bonchev–Trinajstić information content (AvgIpc) is 3.11. The molecule has 0 radical (unpaired) electrons. The number of carbonyl (C=O) groups excluding carboxylic acids is 2. The minimum Gasteiger partial charge on any atom is -0.389 e. The van der Waals surface area contributed by atoms with Gasteiger partial charge in [-0.25, -0.2) is 4.79 Å². The number of nitrogen functional groups attached to an aromatic ring is 1. The monoisotopic (exact) mass is 452 g/mol. The largest absolute Gasteiger partial charge is 0.389 e. The number of nitrogens with one attached hydrogen (secondary N) is 1. The summed E-state index contributed by atoms with van der Waals surface area (Å²) < 4.78 is 0. The Morgan fingerprint density at radius 1 is 1.41 bits per heavy atom. The Balaban J connectivity index is 1.45. The Bertz CT molecular complexity index is 1050. The first-order valence-electron chi connectivity index (χ1n) is 10.9. The van der Waals surface area contributed by atoms with Gasteiger partial charge in [-0.15, -0.1) is 11.3 Å². The molecule has 0 aromatic carbocycles. The minimum atomic E-state index is -0.392. The van der Waals surface area contributed by atoms with Crippen molar-refractivity contribution in [1.82, 2.24) is 20.1 Å². The van der Waals surface area contributed by atoms with Crippen LogP contribution in [0, 0.1) is 23.2 Å². The molecule has 3 amide bonds. The lowest BCUT2D eigenvalue weighted by atomic mass is 9.74. The van der Waals surface area contributed by atoms with Gasteiger partial charge in [-0.05, 0) is 56.8 Å². The quantitative estimate of drug-likeness (QED) is 0.736. The minimum absolute atomic E-state index is 0.146. The first-order valence-corrected chi connectivity index (χ1v) is 11.7. The second kappa shape index (κ2) is 9.27. The third-order valence-corrected chi connectivity index (χ3v) is 7.70. The molecule has 8 nitrogen and oxygen atoms in total. The van der Waals surface area contributed by atoms with Crippen LogP contribution in [-0.2, 0) is 24.2 Å². The van der Waals surface area contributed by atoms with Crippen molar-refractivity contribution < 1.29 is 9.59 Å². The molecule has 2 aromatic heterocycles. The van der Waals surface area contributed by atoms with Gasteiger partial charge in [0.2, 0.25) is 5.91 Å². The number of likely N-dealkylation sites (tertiary alicyclic amines) is 1. The van der Waals surface area contributed by atoms with Crippen molar-refractivity contribution in [2.24, 2.45) is 11.8 Å².